The normalized spacial score (nSPS) is 33.2. The van der Waals surface area contributed by atoms with Crippen molar-refractivity contribution >= 4 is 11.9 Å². The molecule has 0 aliphatic carbocycles. The quantitative estimate of drug-likeness (QED) is 0.530. The minimum Gasteiger partial charge on any atom is -0.314 e. The molecule has 0 bridgehead atoms. The number of rotatable bonds is 1. The molecule has 1 heterocycles. The SMILES string of the molecule is N#CC1CNCC(SN)C1. The van der Waals surface area contributed by atoms with Crippen LogP contribution in [0.15, 0.2) is 0 Å². The summed E-state index contributed by atoms with van der Waals surface area (Å²) in [4.78, 5) is 0. The summed E-state index contributed by atoms with van der Waals surface area (Å²) >= 11 is 1.35. The van der Waals surface area contributed by atoms with Crippen LogP contribution < -0.4 is 10.5 Å². The van der Waals surface area contributed by atoms with E-state index in [0.29, 0.717) is 5.25 Å². The van der Waals surface area contributed by atoms with Crippen molar-refractivity contribution in [3.05, 3.63) is 0 Å². The molecule has 0 spiro atoms. The summed E-state index contributed by atoms with van der Waals surface area (Å²) in [6.45, 7) is 1.77. The molecule has 0 aromatic rings. The molecular formula is C6H11N3S. The van der Waals surface area contributed by atoms with Crippen LogP contribution in [0.4, 0.5) is 0 Å². The van der Waals surface area contributed by atoms with Gasteiger partial charge in [0.1, 0.15) is 0 Å². The summed E-state index contributed by atoms with van der Waals surface area (Å²) in [6.07, 6.45) is 0.935. The van der Waals surface area contributed by atoms with Gasteiger partial charge in [-0.2, -0.15) is 5.26 Å². The van der Waals surface area contributed by atoms with Crippen LogP contribution in [0.5, 0.6) is 0 Å². The third-order valence-electron chi connectivity index (χ3n) is 1.69. The molecule has 0 aromatic carbocycles. The lowest BCUT2D eigenvalue weighted by Gasteiger charge is -2.23. The molecule has 0 saturated carbocycles. The van der Waals surface area contributed by atoms with Crippen LogP contribution in [0.2, 0.25) is 0 Å². The van der Waals surface area contributed by atoms with Gasteiger partial charge in [-0.1, -0.05) is 11.9 Å². The summed E-state index contributed by atoms with van der Waals surface area (Å²) in [5.74, 6) is 0.162. The second-order valence-corrected chi connectivity index (χ2v) is 3.42. The average molecular weight is 157 g/mol. The lowest BCUT2D eigenvalue weighted by molar-refractivity contribution is 0.456. The van der Waals surface area contributed by atoms with Crippen LogP contribution in [-0.2, 0) is 0 Å². The van der Waals surface area contributed by atoms with Crippen molar-refractivity contribution in [3.63, 3.8) is 0 Å². The molecule has 1 fully saturated rings. The van der Waals surface area contributed by atoms with Gasteiger partial charge in [0.25, 0.3) is 0 Å². The first-order valence-electron chi connectivity index (χ1n) is 3.32. The number of nitrogens with two attached hydrogens (primary N) is 1. The first-order chi connectivity index (χ1) is 4.86. The van der Waals surface area contributed by atoms with Gasteiger partial charge in [-0.15, -0.1) is 0 Å². The maximum Gasteiger partial charge on any atom is 0.0669 e. The fourth-order valence-electron chi connectivity index (χ4n) is 1.10. The molecule has 0 aromatic heterocycles. The molecule has 3 N–H and O–H groups in total. The molecule has 0 radical (unpaired) electrons. The van der Waals surface area contributed by atoms with Gasteiger partial charge >= 0.3 is 0 Å². The second kappa shape index (κ2) is 3.81. The lowest BCUT2D eigenvalue weighted by Crippen LogP contribution is -2.37. The smallest absolute Gasteiger partial charge is 0.0669 e. The highest BCUT2D eigenvalue weighted by Crippen LogP contribution is 2.17. The van der Waals surface area contributed by atoms with Crippen molar-refractivity contribution in [1.82, 2.24) is 5.32 Å². The number of hydrogen-bond acceptors (Lipinski definition) is 4. The third-order valence-corrected chi connectivity index (χ3v) is 2.43. The van der Waals surface area contributed by atoms with Gasteiger partial charge in [0, 0.05) is 18.3 Å². The second-order valence-electron chi connectivity index (χ2n) is 2.48. The van der Waals surface area contributed by atoms with Crippen LogP contribution in [-0.4, -0.2) is 18.3 Å². The van der Waals surface area contributed by atoms with Crippen molar-refractivity contribution in [2.45, 2.75) is 11.7 Å². The van der Waals surface area contributed by atoms with E-state index in [1.807, 2.05) is 0 Å². The Morgan fingerprint density at radius 3 is 3.00 bits per heavy atom. The Hall–Kier alpha value is -0.240. The summed E-state index contributed by atoms with van der Waals surface area (Å²) in [6, 6.07) is 2.24. The van der Waals surface area contributed by atoms with Gasteiger partial charge in [0.05, 0.1) is 12.0 Å². The van der Waals surface area contributed by atoms with Crippen LogP contribution in [0.25, 0.3) is 0 Å². The number of nitrogens with one attached hydrogen (secondary N) is 1. The van der Waals surface area contributed by atoms with Crippen molar-refractivity contribution in [1.29, 1.82) is 5.26 Å². The van der Waals surface area contributed by atoms with Crippen molar-refractivity contribution < 1.29 is 0 Å². The van der Waals surface area contributed by atoms with Gasteiger partial charge in [-0.25, -0.2) is 0 Å². The highest BCUT2D eigenvalue weighted by Gasteiger charge is 2.20. The van der Waals surface area contributed by atoms with E-state index in [2.05, 4.69) is 11.4 Å². The van der Waals surface area contributed by atoms with E-state index < -0.39 is 0 Å². The van der Waals surface area contributed by atoms with Gasteiger partial charge in [-0.3, -0.25) is 5.14 Å². The standard InChI is InChI=1S/C6H11N3S/c7-2-5-1-6(10-8)4-9-3-5/h5-6,9H,1,3-4,8H2. The van der Waals surface area contributed by atoms with Crippen molar-refractivity contribution in [2.75, 3.05) is 13.1 Å². The Morgan fingerprint density at radius 1 is 1.60 bits per heavy atom. The van der Waals surface area contributed by atoms with Gasteiger partial charge < -0.3 is 5.32 Å². The van der Waals surface area contributed by atoms with Crippen LogP contribution in [0.1, 0.15) is 6.42 Å². The topological polar surface area (TPSA) is 61.8 Å². The minimum absolute atomic E-state index is 0.162. The Bertz CT molecular complexity index is 142. The maximum atomic E-state index is 8.56. The summed E-state index contributed by atoms with van der Waals surface area (Å²) in [7, 11) is 0. The number of nitriles is 1. The van der Waals surface area contributed by atoms with Gasteiger partial charge in [0.2, 0.25) is 0 Å². The summed E-state index contributed by atoms with van der Waals surface area (Å²) < 4.78 is 0. The molecule has 2 atom stereocenters. The van der Waals surface area contributed by atoms with Gasteiger partial charge in [-0.05, 0) is 6.42 Å². The third kappa shape index (κ3) is 1.87. The zero-order chi connectivity index (χ0) is 7.40. The van der Waals surface area contributed by atoms with E-state index in [-0.39, 0.29) is 5.92 Å². The Labute approximate surface area is 65.1 Å². The molecule has 1 saturated heterocycles. The van der Waals surface area contributed by atoms with Gasteiger partial charge in [0.15, 0.2) is 0 Å². The molecule has 1 aliphatic rings. The monoisotopic (exact) mass is 157 g/mol. The molecule has 2 unspecified atom stereocenters. The summed E-state index contributed by atoms with van der Waals surface area (Å²) in [5.41, 5.74) is 0. The highest BCUT2D eigenvalue weighted by atomic mass is 32.2. The van der Waals surface area contributed by atoms with Crippen molar-refractivity contribution in [2.24, 2.45) is 11.1 Å². The van der Waals surface area contributed by atoms with E-state index in [1.165, 1.54) is 11.9 Å². The number of piperidine rings is 1. The number of nitrogens with zero attached hydrogens (tertiary/aromatic N) is 1. The van der Waals surface area contributed by atoms with Crippen LogP contribution >= 0.6 is 11.9 Å². The van der Waals surface area contributed by atoms with E-state index in [0.717, 1.165) is 19.5 Å². The molecule has 0 amide bonds. The average Bonchev–Trinajstić information content (AvgIpc) is 2.05. The highest BCUT2D eigenvalue weighted by molar-refractivity contribution is 7.97. The summed E-state index contributed by atoms with van der Waals surface area (Å²) in [5, 5.41) is 17.5. The number of hydrogen-bond donors (Lipinski definition) is 2. The van der Waals surface area contributed by atoms with E-state index in [9.17, 15) is 0 Å². The lowest BCUT2D eigenvalue weighted by atomic mass is 10.0. The maximum absolute atomic E-state index is 8.56. The van der Waals surface area contributed by atoms with E-state index in [4.69, 9.17) is 10.4 Å². The predicted molar refractivity (Wildman–Crippen MR) is 42.2 cm³/mol. The fourth-order valence-corrected chi connectivity index (χ4v) is 1.66. The van der Waals surface area contributed by atoms with Crippen LogP contribution in [0, 0.1) is 17.2 Å². The predicted octanol–water partition coefficient (Wildman–Crippen LogP) is 0.0950. The van der Waals surface area contributed by atoms with E-state index >= 15 is 0 Å². The Balaban J connectivity index is 2.33. The first-order valence-corrected chi connectivity index (χ1v) is 4.27. The molecule has 3 nitrogen and oxygen atoms in total. The molecule has 56 valence electrons. The molecule has 1 aliphatic heterocycles. The molecule has 1 rings (SSSR count). The minimum atomic E-state index is 0.162. The molecular weight excluding hydrogens is 146 g/mol. The first kappa shape index (κ1) is 7.86. The fraction of sp³-hybridized carbons (Fsp3) is 0.833. The molecule has 10 heavy (non-hydrogen) atoms. The van der Waals surface area contributed by atoms with E-state index in [1.54, 1.807) is 0 Å². The van der Waals surface area contributed by atoms with Crippen molar-refractivity contribution in [3.8, 4) is 6.07 Å². The zero-order valence-electron chi connectivity index (χ0n) is 5.71. The zero-order valence-corrected chi connectivity index (χ0v) is 6.53. The largest absolute Gasteiger partial charge is 0.314 e. The molecule has 4 heteroatoms. The van der Waals surface area contributed by atoms with Crippen LogP contribution in [0.3, 0.4) is 0 Å². The Kier molecular flexibility index (Phi) is 3.00. The Morgan fingerprint density at radius 2 is 2.40 bits per heavy atom.